The SMILES string of the molecule is CN(C)C=C(C#N)C(=O)c1cc2c(S(=O)(=O)c3ccccc3)ccnc2[nH]1. The van der Waals surface area contributed by atoms with E-state index in [1.165, 1.54) is 36.7 Å². The van der Waals surface area contributed by atoms with Crippen molar-refractivity contribution in [3.8, 4) is 6.07 Å². The number of pyridine rings is 1. The minimum Gasteiger partial charge on any atom is -0.382 e. The van der Waals surface area contributed by atoms with Gasteiger partial charge in [-0.05, 0) is 24.3 Å². The van der Waals surface area contributed by atoms with Crippen LogP contribution in [0.5, 0.6) is 0 Å². The molecular formula is C19H16N4O3S. The third-order valence-corrected chi connectivity index (χ3v) is 5.66. The molecule has 0 saturated carbocycles. The minimum atomic E-state index is -3.78. The van der Waals surface area contributed by atoms with E-state index in [-0.39, 0.29) is 26.7 Å². The summed E-state index contributed by atoms with van der Waals surface area (Å²) >= 11 is 0. The summed E-state index contributed by atoms with van der Waals surface area (Å²) in [6, 6.07) is 12.7. The maximum Gasteiger partial charge on any atom is 0.221 e. The second kappa shape index (κ2) is 7.05. The van der Waals surface area contributed by atoms with Gasteiger partial charge in [0, 0.05) is 31.9 Å². The molecule has 0 bridgehead atoms. The molecule has 0 spiro atoms. The first-order valence-corrected chi connectivity index (χ1v) is 9.44. The number of nitriles is 1. The normalized spacial score (nSPS) is 12.0. The van der Waals surface area contributed by atoms with Crippen LogP contribution in [0.4, 0.5) is 0 Å². The van der Waals surface area contributed by atoms with Crippen molar-refractivity contribution in [3.05, 3.63) is 66.1 Å². The minimum absolute atomic E-state index is 0.0455. The lowest BCUT2D eigenvalue weighted by Crippen LogP contribution is -2.09. The average Bonchev–Trinajstić information content (AvgIpc) is 3.10. The van der Waals surface area contributed by atoms with Gasteiger partial charge in [0.15, 0.2) is 0 Å². The van der Waals surface area contributed by atoms with Crippen LogP contribution in [0.2, 0.25) is 0 Å². The lowest BCUT2D eigenvalue weighted by Gasteiger charge is -2.05. The van der Waals surface area contributed by atoms with Crippen LogP contribution in [0.1, 0.15) is 10.5 Å². The summed E-state index contributed by atoms with van der Waals surface area (Å²) < 4.78 is 25.9. The van der Waals surface area contributed by atoms with Gasteiger partial charge in [0.05, 0.1) is 15.5 Å². The van der Waals surface area contributed by atoms with Crippen LogP contribution in [-0.4, -0.2) is 43.2 Å². The van der Waals surface area contributed by atoms with Crippen LogP contribution in [0, 0.1) is 11.3 Å². The van der Waals surface area contributed by atoms with E-state index in [0.29, 0.717) is 5.39 Å². The quantitative estimate of drug-likeness (QED) is 0.414. The van der Waals surface area contributed by atoms with Crippen molar-refractivity contribution in [2.45, 2.75) is 9.79 Å². The number of nitrogens with zero attached hydrogens (tertiary/aromatic N) is 3. The molecule has 7 nitrogen and oxygen atoms in total. The molecule has 1 aromatic carbocycles. The lowest BCUT2D eigenvalue weighted by atomic mass is 10.1. The Labute approximate surface area is 156 Å². The zero-order valence-corrected chi connectivity index (χ0v) is 15.5. The lowest BCUT2D eigenvalue weighted by molar-refractivity contribution is 0.103. The fourth-order valence-electron chi connectivity index (χ4n) is 2.63. The van der Waals surface area contributed by atoms with Gasteiger partial charge in [-0.1, -0.05) is 18.2 Å². The van der Waals surface area contributed by atoms with Gasteiger partial charge in [0.25, 0.3) is 0 Å². The van der Waals surface area contributed by atoms with Gasteiger partial charge in [0.1, 0.15) is 17.3 Å². The number of nitrogens with one attached hydrogen (secondary N) is 1. The van der Waals surface area contributed by atoms with Crippen LogP contribution in [0.25, 0.3) is 11.0 Å². The van der Waals surface area contributed by atoms with Gasteiger partial charge in [0.2, 0.25) is 15.6 Å². The molecule has 1 N–H and O–H groups in total. The predicted molar refractivity (Wildman–Crippen MR) is 99.7 cm³/mol. The number of allylic oxidation sites excluding steroid dienone is 1. The molecule has 3 aromatic rings. The second-order valence-corrected chi connectivity index (χ2v) is 7.94. The molecular weight excluding hydrogens is 364 g/mol. The number of H-pyrrole nitrogens is 1. The topological polar surface area (TPSA) is 107 Å². The first-order valence-electron chi connectivity index (χ1n) is 7.95. The zero-order chi connectivity index (χ0) is 19.6. The van der Waals surface area contributed by atoms with Crippen LogP contribution < -0.4 is 0 Å². The second-order valence-electron chi connectivity index (χ2n) is 6.02. The Bertz CT molecular complexity index is 1190. The number of sulfone groups is 1. The Kier molecular flexibility index (Phi) is 4.79. The molecule has 0 saturated heterocycles. The molecule has 2 aromatic heterocycles. The highest BCUT2D eigenvalue weighted by atomic mass is 32.2. The number of aromatic amines is 1. The van der Waals surface area contributed by atoms with Crippen molar-refractivity contribution in [2.24, 2.45) is 0 Å². The highest BCUT2D eigenvalue weighted by Gasteiger charge is 2.23. The molecule has 2 heterocycles. The molecule has 0 unspecified atom stereocenters. The Morgan fingerprint density at radius 2 is 1.93 bits per heavy atom. The largest absolute Gasteiger partial charge is 0.382 e. The Morgan fingerprint density at radius 1 is 1.22 bits per heavy atom. The van der Waals surface area contributed by atoms with E-state index in [9.17, 15) is 18.5 Å². The van der Waals surface area contributed by atoms with Gasteiger partial charge >= 0.3 is 0 Å². The molecule has 0 aliphatic rings. The van der Waals surface area contributed by atoms with Crippen LogP contribution in [0.15, 0.2) is 70.2 Å². The van der Waals surface area contributed by atoms with Crippen molar-refractivity contribution in [1.82, 2.24) is 14.9 Å². The standard InChI is InChI=1S/C19H16N4O3S/c1-23(2)12-13(11-20)18(24)16-10-15-17(8-9-21-19(15)22-16)27(25,26)14-6-4-3-5-7-14/h3-10,12H,1-2H3,(H,21,22). The molecule has 0 atom stereocenters. The highest BCUT2D eigenvalue weighted by molar-refractivity contribution is 7.91. The van der Waals surface area contributed by atoms with Crippen LogP contribution >= 0.6 is 0 Å². The summed E-state index contributed by atoms with van der Waals surface area (Å²) in [6.07, 6.45) is 2.77. The first-order chi connectivity index (χ1) is 12.8. The van der Waals surface area contributed by atoms with Gasteiger partial charge in [-0.2, -0.15) is 5.26 Å². The molecule has 0 radical (unpaired) electrons. The molecule has 27 heavy (non-hydrogen) atoms. The highest BCUT2D eigenvalue weighted by Crippen LogP contribution is 2.28. The molecule has 8 heteroatoms. The van der Waals surface area contributed by atoms with E-state index in [2.05, 4.69) is 9.97 Å². The van der Waals surface area contributed by atoms with Gasteiger partial charge < -0.3 is 9.88 Å². The number of carbonyl (C=O) groups excluding carboxylic acids is 1. The van der Waals surface area contributed by atoms with Gasteiger partial charge in [-0.3, -0.25) is 4.79 Å². The first kappa shape index (κ1) is 18.4. The Hall–Kier alpha value is -3.44. The molecule has 0 amide bonds. The maximum absolute atomic E-state index is 13.0. The van der Waals surface area contributed by atoms with Crippen molar-refractivity contribution in [3.63, 3.8) is 0 Å². The number of carbonyl (C=O) groups is 1. The summed E-state index contributed by atoms with van der Waals surface area (Å²) in [4.78, 5) is 21.3. The molecule has 0 aliphatic carbocycles. The third kappa shape index (κ3) is 3.45. The van der Waals surface area contributed by atoms with Crippen LogP contribution in [0.3, 0.4) is 0 Å². The average molecular weight is 380 g/mol. The molecule has 0 aliphatic heterocycles. The number of rotatable bonds is 5. The Morgan fingerprint density at radius 3 is 2.56 bits per heavy atom. The maximum atomic E-state index is 13.0. The van der Waals surface area contributed by atoms with E-state index in [0.717, 1.165) is 0 Å². The molecule has 0 fully saturated rings. The van der Waals surface area contributed by atoms with Crippen molar-refractivity contribution < 1.29 is 13.2 Å². The van der Waals surface area contributed by atoms with Crippen molar-refractivity contribution >= 4 is 26.7 Å². The number of hydrogen-bond donors (Lipinski definition) is 1. The molecule has 136 valence electrons. The third-order valence-electron chi connectivity index (χ3n) is 3.83. The van der Waals surface area contributed by atoms with E-state index in [1.54, 1.807) is 37.2 Å². The van der Waals surface area contributed by atoms with E-state index in [4.69, 9.17) is 0 Å². The fourth-order valence-corrected chi connectivity index (χ4v) is 4.08. The predicted octanol–water partition coefficient (Wildman–Crippen LogP) is 2.55. The Balaban J connectivity index is 2.15. The van der Waals surface area contributed by atoms with E-state index < -0.39 is 15.6 Å². The number of aromatic nitrogens is 2. The van der Waals surface area contributed by atoms with Gasteiger partial charge in [-0.15, -0.1) is 0 Å². The van der Waals surface area contributed by atoms with E-state index in [1.807, 2.05) is 6.07 Å². The monoisotopic (exact) mass is 380 g/mol. The number of ketones is 1. The van der Waals surface area contributed by atoms with Crippen molar-refractivity contribution in [1.29, 1.82) is 5.26 Å². The summed E-state index contributed by atoms with van der Waals surface area (Å²) in [6.45, 7) is 0. The zero-order valence-electron chi connectivity index (χ0n) is 14.7. The smallest absolute Gasteiger partial charge is 0.221 e. The number of benzene rings is 1. The van der Waals surface area contributed by atoms with E-state index >= 15 is 0 Å². The van der Waals surface area contributed by atoms with Crippen molar-refractivity contribution in [2.75, 3.05) is 14.1 Å². The van der Waals surface area contributed by atoms with Gasteiger partial charge in [-0.25, -0.2) is 13.4 Å². The summed E-state index contributed by atoms with van der Waals surface area (Å²) in [5.74, 6) is -0.535. The van der Waals surface area contributed by atoms with Crippen LogP contribution in [-0.2, 0) is 9.84 Å². The summed E-state index contributed by atoms with van der Waals surface area (Å²) in [5.41, 5.74) is 0.291. The fraction of sp³-hybridized carbons (Fsp3) is 0.105. The number of hydrogen-bond acceptors (Lipinski definition) is 6. The summed E-state index contributed by atoms with van der Waals surface area (Å²) in [7, 11) is -0.389. The molecule has 3 rings (SSSR count). The number of Topliss-reactive ketones (excluding diaryl/α,β-unsaturated/α-hetero) is 1. The summed E-state index contributed by atoms with van der Waals surface area (Å²) in [5, 5.41) is 9.52. The number of fused-ring (bicyclic) bond motifs is 1.